The number of ether oxygens (including phenoxy) is 2. The Morgan fingerprint density at radius 2 is 1.48 bits per heavy atom. The molecule has 0 radical (unpaired) electrons. The van der Waals surface area contributed by atoms with Crippen LogP contribution in [-0.4, -0.2) is 58.4 Å². The fourth-order valence-corrected chi connectivity index (χ4v) is 4.24. The van der Waals surface area contributed by atoms with Gasteiger partial charge in [-0.1, -0.05) is 25.5 Å². The topological polar surface area (TPSA) is 191 Å². The minimum atomic E-state index is -5.44. The number of carbonyl (C=O) groups is 2. The monoisotopic (exact) mass is 620 g/mol. The third-order valence-electron chi connectivity index (χ3n) is 5.10. The third kappa shape index (κ3) is 12.1. The lowest BCUT2D eigenvalue weighted by Gasteiger charge is -2.17. The summed E-state index contributed by atoms with van der Waals surface area (Å²) < 4.78 is 76.5. The van der Waals surface area contributed by atoms with Crippen LogP contribution in [0, 0.1) is 0 Å². The first-order chi connectivity index (χ1) is 19.8. The standard InChI is InChI=1S/C25H31F3N4O9S/c1-2-3-13-37-19-9-11-20(12-10-19)42(35,36)32-21(22(33)40-41-23(34)25(26,27)28)16-17-5-7-18(8-6-17)38-14-4-15-39-31-24(29)30/h5-12,21,32H,2-4,13-16H2,1H3,(H4,29,30,31)/t21-/m0/s1. The molecule has 0 spiro atoms. The molecule has 0 unspecified atom stereocenters. The molecule has 0 aliphatic rings. The van der Waals surface area contributed by atoms with Gasteiger partial charge in [-0.25, -0.2) is 27.8 Å². The molecule has 0 aliphatic heterocycles. The van der Waals surface area contributed by atoms with Gasteiger partial charge in [0.1, 0.15) is 24.1 Å². The molecule has 0 saturated heterocycles. The van der Waals surface area contributed by atoms with Gasteiger partial charge in [-0.3, -0.25) is 0 Å². The fraction of sp³-hybridized carbons (Fsp3) is 0.400. The van der Waals surface area contributed by atoms with E-state index in [0.717, 1.165) is 12.8 Å². The molecule has 2 aromatic carbocycles. The highest BCUT2D eigenvalue weighted by Crippen LogP contribution is 2.20. The molecule has 0 aromatic heterocycles. The number of hydrogen-bond donors (Lipinski definition) is 3. The Morgan fingerprint density at radius 3 is 2.02 bits per heavy atom. The molecule has 0 aliphatic carbocycles. The van der Waals surface area contributed by atoms with E-state index in [2.05, 4.69) is 19.7 Å². The Kier molecular flexibility index (Phi) is 13.1. The van der Waals surface area contributed by atoms with E-state index >= 15 is 0 Å². The van der Waals surface area contributed by atoms with Gasteiger partial charge >= 0.3 is 18.1 Å². The van der Waals surface area contributed by atoms with Crippen molar-refractivity contribution in [2.24, 2.45) is 16.6 Å². The van der Waals surface area contributed by atoms with Crippen molar-refractivity contribution in [3.63, 3.8) is 0 Å². The first kappa shape index (κ1) is 34.0. The van der Waals surface area contributed by atoms with Gasteiger partial charge in [0.2, 0.25) is 16.0 Å². The Labute approximate surface area is 239 Å². The zero-order valence-corrected chi connectivity index (χ0v) is 23.3. The predicted molar refractivity (Wildman–Crippen MR) is 141 cm³/mol. The summed E-state index contributed by atoms with van der Waals surface area (Å²) in [4.78, 5) is 35.7. The van der Waals surface area contributed by atoms with Crippen molar-refractivity contribution in [3.8, 4) is 11.5 Å². The quantitative estimate of drug-likeness (QED) is 0.0820. The maximum Gasteiger partial charge on any atom is 0.495 e. The van der Waals surface area contributed by atoms with Gasteiger partial charge in [-0.15, -0.1) is 0 Å². The van der Waals surface area contributed by atoms with Crippen LogP contribution in [0.4, 0.5) is 13.2 Å². The smallest absolute Gasteiger partial charge is 0.494 e. The maximum atomic E-state index is 13.0. The van der Waals surface area contributed by atoms with Crippen LogP contribution in [0.15, 0.2) is 58.6 Å². The highest BCUT2D eigenvalue weighted by atomic mass is 32.2. The number of rotatable bonds is 16. The number of nitrogens with two attached hydrogens (primary N) is 2. The summed E-state index contributed by atoms with van der Waals surface area (Å²) in [6.45, 7) is 2.84. The van der Waals surface area contributed by atoms with Crippen LogP contribution in [0.1, 0.15) is 31.7 Å². The van der Waals surface area contributed by atoms with E-state index in [1.165, 1.54) is 48.5 Å². The van der Waals surface area contributed by atoms with Crippen molar-refractivity contribution in [2.45, 2.75) is 49.7 Å². The van der Waals surface area contributed by atoms with E-state index in [4.69, 9.17) is 25.8 Å². The van der Waals surface area contributed by atoms with Crippen molar-refractivity contribution >= 4 is 27.9 Å². The molecular formula is C25H31F3N4O9S. The van der Waals surface area contributed by atoms with Crippen LogP contribution in [0.2, 0.25) is 0 Å². The number of sulfonamides is 1. The highest BCUT2D eigenvalue weighted by molar-refractivity contribution is 7.89. The molecule has 42 heavy (non-hydrogen) atoms. The van der Waals surface area contributed by atoms with E-state index in [1.54, 1.807) is 0 Å². The fourth-order valence-electron chi connectivity index (χ4n) is 3.05. The second-order valence-electron chi connectivity index (χ2n) is 8.52. The van der Waals surface area contributed by atoms with Gasteiger partial charge in [-0.05, 0) is 60.0 Å². The largest absolute Gasteiger partial charge is 0.495 e. The van der Waals surface area contributed by atoms with Crippen LogP contribution in [0.3, 0.4) is 0 Å². The number of nitrogens with one attached hydrogen (secondary N) is 1. The second kappa shape index (κ2) is 16.3. The molecule has 1 atom stereocenters. The molecule has 2 aromatic rings. The molecule has 0 fully saturated rings. The molecule has 13 nitrogen and oxygen atoms in total. The molecule has 0 bridgehead atoms. The van der Waals surface area contributed by atoms with Crippen LogP contribution in [0.5, 0.6) is 11.5 Å². The summed E-state index contributed by atoms with van der Waals surface area (Å²) in [6, 6.07) is 9.51. The normalized spacial score (nSPS) is 12.1. The number of guanidine groups is 1. The number of oxime groups is 1. The van der Waals surface area contributed by atoms with E-state index in [1.807, 2.05) is 6.92 Å². The lowest BCUT2D eigenvalue weighted by Crippen LogP contribution is -2.44. The molecule has 232 valence electrons. The lowest BCUT2D eigenvalue weighted by molar-refractivity contribution is -0.286. The zero-order chi connectivity index (χ0) is 31.2. The molecule has 0 amide bonds. The van der Waals surface area contributed by atoms with Gasteiger partial charge in [0.05, 0.1) is 18.1 Å². The number of benzene rings is 2. The summed E-state index contributed by atoms with van der Waals surface area (Å²) in [5.74, 6) is -3.76. The Hall–Kier alpha value is -4.25. The van der Waals surface area contributed by atoms with Crippen molar-refractivity contribution in [2.75, 3.05) is 19.8 Å². The maximum absolute atomic E-state index is 13.0. The van der Waals surface area contributed by atoms with Crippen LogP contribution >= 0.6 is 0 Å². The van der Waals surface area contributed by atoms with Crippen LogP contribution in [0.25, 0.3) is 0 Å². The third-order valence-corrected chi connectivity index (χ3v) is 6.58. The SMILES string of the molecule is CCCCOc1ccc(S(=O)(=O)N[C@@H](Cc2ccc(OCCCON=C(N)N)cc2)C(=O)OOC(=O)C(F)(F)F)cc1. The van der Waals surface area contributed by atoms with Gasteiger partial charge < -0.3 is 25.8 Å². The van der Waals surface area contributed by atoms with E-state index in [-0.39, 0.29) is 30.5 Å². The van der Waals surface area contributed by atoms with Gasteiger partial charge in [-0.2, -0.15) is 17.9 Å². The molecule has 0 saturated carbocycles. The van der Waals surface area contributed by atoms with Crippen molar-refractivity contribution in [1.82, 2.24) is 4.72 Å². The number of unbranched alkanes of at least 4 members (excludes halogenated alkanes) is 1. The molecular weight excluding hydrogens is 589 g/mol. The Balaban J connectivity index is 2.11. The molecule has 0 heterocycles. The number of alkyl halides is 3. The van der Waals surface area contributed by atoms with Crippen LogP contribution < -0.4 is 25.7 Å². The minimum Gasteiger partial charge on any atom is -0.494 e. The second-order valence-corrected chi connectivity index (χ2v) is 10.2. The Morgan fingerprint density at radius 1 is 0.905 bits per heavy atom. The van der Waals surface area contributed by atoms with Gasteiger partial charge in [0.25, 0.3) is 0 Å². The number of halogens is 3. The lowest BCUT2D eigenvalue weighted by atomic mass is 10.1. The van der Waals surface area contributed by atoms with Crippen molar-refractivity contribution < 1.29 is 55.3 Å². The van der Waals surface area contributed by atoms with E-state index in [0.29, 0.717) is 30.1 Å². The number of carbonyl (C=O) groups excluding carboxylic acids is 2. The molecule has 2 rings (SSSR count). The first-order valence-electron chi connectivity index (χ1n) is 12.5. The van der Waals surface area contributed by atoms with E-state index in [9.17, 15) is 31.2 Å². The summed E-state index contributed by atoms with van der Waals surface area (Å²) in [6.07, 6.45) is -3.68. The number of hydrogen-bond acceptors (Lipinski definition) is 10. The first-order valence-corrected chi connectivity index (χ1v) is 14.0. The Bertz CT molecular complexity index is 1290. The van der Waals surface area contributed by atoms with Crippen LogP contribution in [-0.2, 0) is 40.6 Å². The van der Waals surface area contributed by atoms with Gasteiger partial charge in [0.15, 0.2) is 0 Å². The summed E-state index contributed by atoms with van der Waals surface area (Å²) in [5.41, 5.74) is 10.6. The average Bonchev–Trinajstić information content (AvgIpc) is 2.93. The average molecular weight is 621 g/mol. The molecule has 5 N–H and O–H groups in total. The van der Waals surface area contributed by atoms with Crippen molar-refractivity contribution in [3.05, 3.63) is 54.1 Å². The number of nitrogens with zero attached hydrogens (tertiary/aromatic N) is 1. The highest BCUT2D eigenvalue weighted by Gasteiger charge is 2.43. The summed E-state index contributed by atoms with van der Waals surface area (Å²) >= 11 is 0. The summed E-state index contributed by atoms with van der Waals surface area (Å²) in [7, 11) is -4.40. The predicted octanol–water partition coefficient (Wildman–Crippen LogP) is 2.29. The van der Waals surface area contributed by atoms with E-state index < -0.39 is 34.2 Å². The van der Waals surface area contributed by atoms with Crippen molar-refractivity contribution in [1.29, 1.82) is 0 Å². The van der Waals surface area contributed by atoms with Gasteiger partial charge in [0, 0.05) is 6.42 Å². The minimum absolute atomic E-state index is 0.188. The zero-order valence-electron chi connectivity index (χ0n) is 22.5. The summed E-state index contributed by atoms with van der Waals surface area (Å²) in [5, 5.41) is 3.36. The molecule has 17 heteroatoms.